The molecule has 0 radical (unpaired) electrons. The molecular formula is C19H25N5O. The number of aromatic amines is 1. The Labute approximate surface area is 148 Å². The monoisotopic (exact) mass is 339 g/mol. The SMILES string of the molecule is O=C(NCc1ccccc1N1CCCCC1)c1n[nH]c2c1CNCC2. The van der Waals surface area contributed by atoms with Crippen molar-refractivity contribution in [2.75, 3.05) is 24.5 Å². The predicted molar refractivity (Wildman–Crippen MR) is 97.7 cm³/mol. The number of amides is 1. The molecule has 2 aromatic rings. The number of benzene rings is 1. The van der Waals surface area contributed by atoms with Crippen LogP contribution in [-0.4, -0.2) is 35.7 Å². The maximum Gasteiger partial charge on any atom is 0.272 e. The largest absolute Gasteiger partial charge is 0.371 e. The summed E-state index contributed by atoms with van der Waals surface area (Å²) in [6, 6.07) is 8.37. The highest BCUT2D eigenvalue weighted by Crippen LogP contribution is 2.24. The number of H-pyrrole nitrogens is 1. The van der Waals surface area contributed by atoms with Crippen LogP contribution < -0.4 is 15.5 Å². The summed E-state index contributed by atoms with van der Waals surface area (Å²) < 4.78 is 0. The number of carbonyl (C=O) groups is 1. The molecule has 0 spiro atoms. The Balaban J connectivity index is 1.46. The zero-order chi connectivity index (χ0) is 17.1. The minimum atomic E-state index is -0.102. The van der Waals surface area contributed by atoms with E-state index < -0.39 is 0 Å². The van der Waals surface area contributed by atoms with Crippen molar-refractivity contribution in [2.24, 2.45) is 0 Å². The van der Waals surface area contributed by atoms with Crippen molar-refractivity contribution in [3.63, 3.8) is 0 Å². The zero-order valence-corrected chi connectivity index (χ0v) is 14.5. The number of nitrogens with zero attached hydrogens (tertiary/aromatic N) is 2. The van der Waals surface area contributed by atoms with Crippen LogP contribution in [-0.2, 0) is 19.5 Å². The van der Waals surface area contributed by atoms with E-state index in [1.807, 2.05) is 6.07 Å². The van der Waals surface area contributed by atoms with Crippen molar-refractivity contribution in [1.82, 2.24) is 20.8 Å². The standard InChI is InChI=1S/C19H25N5O/c25-19(18-15-13-20-9-8-16(15)22-23-18)21-12-14-6-2-3-7-17(14)24-10-4-1-5-11-24/h2-3,6-7,20H,1,4-5,8-13H2,(H,21,25)(H,22,23). The Bertz CT molecular complexity index is 748. The lowest BCUT2D eigenvalue weighted by Gasteiger charge is -2.30. The van der Waals surface area contributed by atoms with Gasteiger partial charge in [-0.15, -0.1) is 0 Å². The predicted octanol–water partition coefficient (Wildman–Crippen LogP) is 1.98. The lowest BCUT2D eigenvalue weighted by molar-refractivity contribution is 0.0944. The molecule has 1 amide bonds. The summed E-state index contributed by atoms with van der Waals surface area (Å²) in [5, 5.41) is 13.6. The fourth-order valence-electron chi connectivity index (χ4n) is 3.78. The topological polar surface area (TPSA) is 73.0 Å². The maximum atomic E-state index is 12.6. The van der Waals surface area contributed by atoms with E-state index in [2.05, 4.69) is 43.9 Å². The molecule has 0 saturated carbocycles. The van der Waals surface area contributed by atoms with Gasteiger partial charge in [0.15, 0.2) is 5.69 Å². The van der Waals surface area contributed by atoms with E-state index in [4.69, 9.17) is 0 Å². The summed E-state index contributed by atoms with van der Waals surface area (Å²) in [7, 11) is 0. The Hall–Kier alpha value is -2.34. The molecule has 0 unspecified atom stereocenters. The van der Waals surface area contributed by atoms with Gasteiger partial charge in [0.25, 0.3) is 5.91 Å². The molecule has 2 aliphatic rings. The first-order valence-corrected chi connectivity index (χ1v) is 9.21. The number of piperidine rings is 1. The summed E-state index contributed by atoms with van der Waals surface area (Å²) in [6.07, 6.45) is 4.70. The second kappa shape index (κ2) is 7.27. The molecule has 1 aromatic heterocycles. The molecule has 2 aliphatic heterocycles. The van der Waals surface area contributed by atoms with Gasteiger partial charge in [-0.25, -0.2) is 0 Å². The number of aromatic nitrogens is 2. The lowest BCUT2D eigenvalue weighted by atomic mass is 10.1. The molecule has 0 atom stereocenters. The van der Waals surface area contributed by atoms with Crippen LogP contribution in [0.1, 0.15) is 46.6 Å². The number of anilines is 1. The minimum absolute atomic E-state index is 0.102. The van der Waals surface area contributed by atoms with E-state index in [-0.39, 0.29) is 5.91 Å². The van der Waals surface area contributed by atoms with Crippen LogP contribution in [0.2, 0.25) is 0 Å². The maximum absolute atomic E-state index is 12.6. The highest BCUT2D eigenvalue weighted by Gasteiger charge is 2.22. The fourth-order valence-corrected chi connectivity index (χ4v) is 3.78. The van der Waals surface area contributed by atoms with Crippen molar-refractivity contribution in [3.8, 4) is 0 Å². The molecule has 0 bridgehead atoms. The summed E-state index contributed by atoms with van der Waals surface area (Å²) in [6.45, 7) is 4.37. The lowest BCUT2D eigenvalue weighted by Crippen LogP contribution is -2.32. The minimum Gasteiger partial charge on any atom is -0.371 e. The van der Waals surface area contributed by atoms with Gasteiger partial charge >= 0.3 is 0 Å². The molecule has 1 aromatic carbocycles. The second-order valence-electron chi connectivity index (χ2n) is 6.82. The first-order valence-electron chi connectivity index (χ1n) is 9.21. The van der Waals surface area contributed by atoms with Gasteiger partial charge in [0.2, 0.25) is 0 Å². The average molecular weight is 339 g/mol. The fraction of sp³-hybridized carbons (Fsp3) is 0.474. The molecule has 1 fully saturated rings. The van der Waals surface area contributed by atoms with E-state index in [0.29, 0.717) is 18.8 Å². The van der Waals surface area contributed by atoms with E-state index in [1.54, 1.807) is 0 Å². The van der Waals surface area contributed by atoms with Crippen LogP contribution in [0, 0.1) is 0 Å². The molecule has 3 heterocycles. The summed E-state index contributed by atoms with van der Waals surface area (Å²) in [5.41, 5.74) is 5.02. The number of hydrogen-bond acceptors (Lipinski definition) is 4. The number of fused-ring (bicyclic) bond motifs is 1. The first kappa shape index (κ1) is 16.1. The van der Waals surface area contributed by atoms with E-state index >= 15 is 0 Å². The summed E-state index contributed by atoms with van der Waals surface area (Å²) in [4.78, 5) is 15.0. The first-order chi connectivity index (χ1) is 12.3. The second-order valence-corrected chi connectivity index (χ2v) is 6.82. The highest BCUT2D eigenvalue weighted by molar-refractivity contribution is 5.94. The van der Waals surface area contributed by atoms with Crippen molar-refractivity contribution in [3.05, 3.63) is 46.8 Å². The van der Waals surface area contributed by atoms with Gasteiger partial charge in [0.1, 0.15) is 0 Å². The number of rotatable bonds is 4. The van der Waals surface area contributed by atoms with Crippen LogP contribution in [0.4, 0.5) is 5.69 Å². The van der Waals surface area contributed by atoms with Gasteiger partial charge in [0.05, 0.1) is 0 Å². The van der Waals surface area contributed by atoms with E-state index in [0.717, 1.165) is 37.3 Å². The van der Waals surface area contributed by atoms with Crippen LogP contribution >= 0.6 is 0 Å². The third kappa shape index (κ3) is 3.39. The van der Waals surface area contributed by atoms with Crippen LogP contribution in [0.3, 0.4) is 0 Å². The molecule has 6 nitrogen and oxygen atoms in total. The number of carbonyl (C=O) groups excluding carboxylic acids is 1. The van der Waals surface area contributed by atoms with Crippen molar-refractivity contribution in [2.45, 2.75) is 38.8 Å². The molecule has 6 heteroatoms. The van der Waals surface area contributed by atoms with Gasteiger partial charge in [-0.2, -0.15) is 5.10 Å². The Morgan fingerprint density at radius 2 is 2.04 bits per heavy atom. The molecule has 4 rings (SSSR count). The smallest absolute Gasteiger partial charge is 0.272 e. The molecule has 3 N–H and O–H groups in total. The van der Waals surface area contributed by atoms with Gasteiger partial charge in [-0.05, 0) is 30.9 Å². The third-order valence-electron chi connectivity index (χ3n) is 5.15. The zero-order valence-electron chi connectivity index (χ0n) is 14.5. The molecular weight excluding hydrogens is 314 g/mol. The van der Waals surface area contributed by atoms with E-state index in [1.165, 1.54) is 30.5 Å². The van der Waals surface area contributed by atoms with Crippen molar-refractivity contribution >= 4 is 11.6 Å². The van der Waals surface area contributed by atoms with Crippen LogP contribution in [0.5, 0.6) is 0 Å². The van der Waals surface area contributed by atoms with E-state index in [9.17, 15) is 4.79 Å². The molecule has 25 heavy (non-hydrogen) atoms. The molecule has 0 aliphatic carbocycles. The Morgan fingerprint density at radius 3 is 2.92 bits per heavy atom. The third-order valence-corrected chi connectivity index (χ3v) is 5.15. The van der Waals surface area contributed by atoms with Crippen LogP contribution in [0.15, 0.2) is 24.3 Å². The normalized spacial score (nSPS) is 17.2. The molecule has 132 valence electrons. The number of para-hydroxylation sites is 1. The highest BCUT2D eigenvalue weighted by atomic mass is 16.1. The van der Waals surface area contributed by atoms with Crippen LogP contribution in [0.25, 0.3) is 0 Å². The van der Waals surface area contributed by atoms with Gasteiger partial charge in [-0.1, -0.05) is 18.2 Å². The Morgan fingerprint density at radius 1 is 1.20 bits per heavy atom. The number of hydrogen-bond donors (Lipinski definition) is 3. The quantitative estimate of drug-likeness (QED) is 0.796. The number of nitrogens with one attached hydrogen (secondary N) is 3. The van der Waals surface area contributed by atoms with Gasteiger partial charge < -0.3 is 15.5 Å². The van der Waals surface area contributed by atoms with Gasteiger partial charge in [0, 0.05) is 56.1 Å². The van der Waals surface area contributed by atoms with Crippen molar-refractivity contribution < 1.29 is 4.79 Å². The average Bonchev–Trinajstić information content (AvgIpc) is 3.11. The summed E-state index contributed by atoms with van der Waals surface area (Å²) >= 11 is 0. The Kier molecular flexibility index (Phi) is 4.70. The van der Waals surface area contributed by atoms with Gasteiger partial charge in [-0.3, -0.25) is 9.89 Å². The summed E-state index contributed by atoms with van der Waals surface area (Å²) in [5.74, 6) is -0.102. The van der Waals surface area contributed by atoms with Crippen molar-refractivity contribution in [1.29, 1.82) is 0 Å². The molecule has 1 saturated heterocycles.